The minimum atomic E-state index is -0.298. The van der Waals surface area contributed by atoms with Crippen LogP contribution in [0.5, 0.6) is 0 Å². The normalized spacial score (nSPS) is 35.5. The maximum absolute atomic E-state index is 10.0. The summed E-state index contributed by atoms with van der Waals surface area (Å²) in [5.41, 5.74) is 0. The SMILES string of the molecule is O[C@H](COCC[C@@H]1C[C@H]2CC[C@H]1C2)CN1CCCCC1. The summed E-state index contributed by atoms with van der Waals surface area (Å²) < 4.78 is 5.73. The number of rotatable bonds is 7. The minimum Gasteiger partial charge on any atom is -0.389 e. The second-order valence-corrected chi connectivity index (χ2v) is 7.31. The summed E-state index contributed by atoms with van der Waals surface area (Å²) in [5.74, 6) is 2.96. The highest BCUT2D eigenvalue weighted by Gasteiger charge is 2.38. The molecule has 0 spiro atoms. The molecule has 116 valence electrons. The van der Waals surface area contributed by atoms with Gasteiger partial charge in [0.05, 0.1) is 12.7 Å². The molecule has 3 rings (SSSR count). The molecule has 3 aliphatic rings. The van der Waals surface area contributed by atoms with Crippen molar-refractivity contribution in [3.8, 4) is 0 Å². The van der Waals surface area contributed by atoms with Crippen molar-refractivity contribution in [2.24, 2.45) is 17.8 Å². The summed E-state index contributed by atoms with van der Waals surface area (Å²) in [5, 5.41) is 10.0. The first-order valence-electron chi connectivity index (χ1n) is 8.79. The van der Waals surface area contributed by atoms with E-state index in [0.717, 1.165) is 44.0 Å². The van der Waals surface area contributed by atoms with Gasteiger partial charge < -0.3 is 14.7 Å². The second kappa shape index (κ2) is 7.24. The molecule has 2 saturated carbocycles. The Morgan fingerprint density at radius 3 is 2.65 bits per heavy atom. The van der Waals surface area contributed by atoms with E-state index < -0.39 is 0 Å². The zero-order valence-electron chi connectivity index (χ0n) is 12.8. The van der Waals surface area contributed by atoms with Crippen LogP contribution in [-0.4, -0.2) is 49.0 Å². The maximum atomic E-state index is 10.0. The van der Waals surface area contributed by atoms with E-state index >= 15 is 0 Å². The molecule has 1 aliphatic heterocycles. The van der Waals surface area contributed by atoms with Crippen molar-refractivity contribution in [3.05, 3.63) is 0 Å². The molecule has 4 atom stereocenters. The van der Waals surface area contributed by atoms with Gasteiger partial charge in [0.15, 0.2) is 0 Å². The van der Waals surface area contributed by atoms with Crippen molar-refractivity contribution in [1.29, 1.82) is 0 Å². The van der Waals surface area contributed by atoms with E-state index in [0.29, 0.717) is 6.61 Å². The van der Waals surface area contributed by atoms with Crippen molar-refractivity contribution >= 4 is 0 Å². The monoisotopic (exact) mass is 281 g/mol. The highest BCUT2D eigenvalue weighted by atomic mass is 16.5. The summed E-state index contributed by atoms with van der Waals surface area (Å²) in [6.07, 6.45) is 10.7. The Hall–Kier alpha value is -0.120. The van der Waals surface area contributed by atoms with E-state index in [2.05, 4.69) is 4.90 Å². The highest BCUT2D eigenvalue weighted by Crippen LogP contribution is 2.49. The Morgan fingerprint density at radius 1 is 1.10 bits per heavy atom. The topological polar surface area (TPSA) is 32.7 Å². The van der Waals surface area contributed by atoms with Crippen molar-refractivity contribution in [1.82, 2.24) is 4.90 Å². The number of fused-ring (bicyclic) bond motifs is 2. The minimum absolute atomic E-state index is 0.298. The predicted molar refractivity (Wildman–Crippen MR) is 80.7 cm³/mol. The van der Waals surface area contributed by atoms with E-state index in [-0.39, 0.29) is 6.10 Å². The number of hydrogen-bond acceptors (Lipinski definition) is 3. The lowest BCUT2D eigenvalue weighted by atomic mass is 9.87. The van der Waals surface area contributed by atoms with Gasteiger partial charge in [-0.25, -0.2) is 0 Å². The first-order valence-corrected chi connectivity index (χ1v) is 8.79. The molecule has 0 amide bonds. The molecule has 1 heterocycles. The highest BCUT2D eigenvalue weighted by molar-refractivity contribution is 4.89. The first kappa shape index (κ1) is 14.8. The van der Waals surface area contributed by atoms with Crippen LogP contribution in [0.2, 0.25) is 0 Å². The van der Waals surface area contributed by atoms with Crippen molar-refractivity contribution < 1.29 is 9.84 Å². The van der Waals surface area contributed by atoms with Crippen LogP contribution in [0.25, 0.3) is 0 Å². The summed E-state index contributed by atoms with van der Waals surface area (Å²) in [7, 11) is 0. The summed E-state index contributed by atoms with van der Waals surface area (Å²) >= 11 is 0. The van der Waals surface area contributed by atoms with Crippen LogP contribution in [0, 0.1) is 17.8 Å². The molecule has 3 nitrogen and oxygen atoms in total. The van der Waals surface area contributed by atoms with Gasteiger partial charge in [0.25, 0.3) is 0 Å². The fourth-order valence-corrected chi connectivity index (χ4v) is 4.68. The maximum Gasteiger partial charge on any atom is 0.0900 e. The smallest absolute Gasteiger partial charge is 0.0900 e. The Labute approximate surface area is 123 Å². The third-order valence-corrected chi connectivity index (χ3v) is 5.75. The lowest BCUT2D eigenvalue weighted by molar-refractivity contribution is 0.00805. The zero-order valence-corrected chi connectivity index (χ0v) is 12.8. The van der Waals surface area contributed by atoms with Crippen molar-refractivity contribution in [2.45, 2.75) is 57.5 Å². The number of piperidine rings is 1. The summed E-state index contributed by atoms with van der Waals surface area (Å²) in [4.78, 5) is 2.38. The van der Waals surface area contributed by atoms with Crippen molar-refractivity contribution in [2.75, 3.05) is 32.8 Å². The van der Waals surface area contributed by atoms with Gasteiger partial charge in [-0.05, 0) is 69.4 Å². The molecule has 0 unspecified atom stereocenters. The Balaban J connectivity index is 1.24. The number of aliphatic hydroxyl groups excluding tert-OH is 1. The van der Waals surface area contributed by atoms with Gasteiger partial charge in [0.1, 0.15) is 0 Å². The van der Waals surface area contributed by atoms with Gasteiger partial charge in [0, 0.05) is 13.2 Å². The van der Waals surface area contributed by atoms with Crippen LogP contribution < -0.4 is 0 Å². The van der Waals surface area contributed by atoms with Crippen LogP contribution in [0.1, 0.15) is 51.4 Å². The van der Waals surface area contributed by atoms with E-state index in [9.17, 15) is 5.11 Å². The molecular weight excluding hydrogens is 250 g/mol. The first-order chi connectivity index (χ1) is 9.81. The van der Waals surface area contributed by atoms with Crippen molar-refractivity contribution in [3.63, 3.8) is 0 Å². The van der Waals surface area contributed by atoms with Gasteiger partial charge >= 0.3 is 0 Å². The number of ether oxygens (including phenoxy) is 1. The van der Waals surface area contributed by atoms with Crippen LogP contribution in [-0.2, 0) is 4.74 Å². The summed E-state index contributed by atoms with van der Waals surface area (Å²) in [6.45, 7) is 4.49. The molecule has 0 aromatic rings. The third kappa shape index (κ3) is 3.96. The van der Waals surface area contributed by atoms with E-state index in [1.807, 2.05) is 0 Å². The van der Waals surface area contributed by atoms with Gasteiger partial charge in [-0.3, -0.25) is 0 Å². The number of likely N-dealkylation sites (tertiary alicyclic amines) is 1. The molecule has 0 radical (unpaired) electrons. The van der Waals surface area contributed by atoms with Crippen LogP contribution >= 0.6 is 0 Å². The Bertz CT molecular complexity index is 291. The molecule has 1 saturated heterocycles. The van der Waals surface area contributed by atoms with Crippen LogP contribution in [0.4, 0.5) is 0 Å². The fourth-order valence-electron chi connectivity index (χ4n) is 4.68. The molecule has 3 fully saturated rings. The molecule has 20 heavy (non-hydrogen) atoms. The quantitative estimate of drug-likeness (QED) is 0.728. The third-order valence-electron chi connectivity index (χ3n) is 5.75. The average Bonchev–Trinajstić information content (AvgIpc) is 3.07. The number of aliphatic hydroxyl groups is 1. The molecule has 0 aromatic carbocycles. The van der Waals surface area contributed by atoms with E-state index in [4.69, 9.17) is 4.74 Å². The molecule has 0 aromatic heterocycles. The number of β-amino-alcohol motifs (C(OH)–C–C–N with tert-alkyl or cyclic N) is 1. The largest absolute Gasteiger partial charge is 0.389 e. The Kier molecular flexibility index (Phi) is 5.36. The van der Waals surface area contributed by atoms with E-state index in [1.54, 1.807) is 0 Å². The van der Waals surface area contributed by atoms with Gasteiger partial charge in [-0.15, -0.1) is 0 Å². The van der Waals surface area contributed by atoms with E-state index in [1.165, 1.54) is 51.4 Å². The molecule has 2 bridgehead atoms. The molecule has 3 heteroatoms. The standard InChI is InChI=1S/C17H31NO2/c19-17(12-18-7-2-1-3-8-18)13-20-9-6-16-11-14-4-5-15(16)10-14/h14-17,19H,1-13H2/t14-,15-,16+,17-/m0/s1. The fraction of sp³-hybridized carbons (Fsp3) is 1.00. The van der Waals surface area contributed by atoms with Gasteiger partial charge in [0.2, 0.25) is 0 Å². The number of hydrogen-bond donors (Lipinski definition) is 1. The summed E-state index contributed by atoms with van der Waals surface area (Å²) in [6, 6.07) is 0. The molecule has 1 N–H and O–H groups in total. The molecular formula is C17H31NO2. The number of nitrogens with zero attached hydrogens (tertiary/aromatic N) is 1. The zero-order chi connectivity index (χ0) is 13.8. The lowest BCUT2D eigenvalue weighted by Crippen LogP contribution is -2.38. The van der Waals surface area contributed by atoms with Crippen LogP contribution in [0.3, 0.4) is 0 Å². The molecule has 2 aliphatic carbocycles. The Morgan fingerprint density at radius 2 is 1.95 bits per heavy atom. The average molecular weight is 281 g/mol. The lowest BCUT2D eigenvalue weighted by Gasteiger charge is -2.28. The predicted octanol–water partition coefficient (Wildman–Crippen LogP) is 2.68. The van der Waals surface area contributed by atoms with Crippen LogP contribution in [0.15, 0.2) is 0 Å². The van der Waals surface area contributed by atoms with Gasteiger partial charge in [-0.2, -0.15) is 0 Å². The van der Waals surface area contributed by atoms with Gasteiger partial charge in [-0.1, -0.05) is 12.8 Å². The second-order valence-electron chi connectivity index (χ2n) is 7.31.